The lowest BCUT2D eigenvalue weighted by atomic mass is 9.86. The van der Waals surface area contributed by atoms with Gasteiger partial charge in [0, 0.05) is 23.6 Å². The normalized spacial score (nSPS) is 18.2. The first kappa shape index (κ1) is 21.8. The zero-order valence-electron chi connectivity index (χ0n) is 17.9. The Labute approximate surface area is 191 Å². The van der Waals surface area contributed by atoms with Gasteiger partial charge in [-0.05, 0) is 37.3 Å². The minimum absolute atomic E-state index is 0.0322. The van der Waals surface area contributed by atoms with Crippen LogP contribution in [0.4, 0.5) is 5.69 Å². The second-order valence-electron chi connectivity index (χ2n) is 7.37. The number of para-hydroxylation sites is 1. The zero-order chi connectivity index (χ0) is 22.7. The van der Waals surface area contributed by atoms with Crippen LogP contribution in [0, 0.1) is 11.3 Å². The van der Waals surface area contributed by atoms with E-state index in [2.05, 4.69) is 6.07 Å². The van der Waals surface area contributed by atoms with E-state index in [-0.39, 0.29) is 24.2 Å². The van der Waals surface area contributed by atoms with Crippen molar-refractivity contribution in [3.05, 3.63) is 70.3 Å². The molecule has 0 spiro atoms. The van der Waals surface area contributed by atoms with E-state index in [9.17, 15) is 14.9 Å². The molecule has 0 radical (unpaired) electrons. The number of nitrogens with zero attached hydrogens (tertiary/aromatic N) is 3. The fraction of sp³-hybridized carbons (Fsp3) is 0.292. The van der Waals surface area contributed by atoms with E-state index in [1.807, 2.05) is 41.3 Å². The summed E-state index contributed by atoms with van der Waals surface area (Å²) in [6, 6.07) is 17.0. The van der Waals surface area contributed by atoms with E-state index >= 15 is 0 Å². The van der Waals surface area contributed by atoms with Gasteiger partial charge in [-0.25, -0.2) is 4.79 Å². The van der Waals surface area contributed by atoms with Gasteiger partial charge in [0.1, 0.15) is 5.75 Å². The number of hydrogen-bond donors (Lipinski definition) is 0. The van der Waals surface area contributed by atoms with Crippen molar-refractivity contribution < 1.29 is 19.1 Å². The molecular formula is C24H23N3O4S. The van der Waals surface area contributed by atoms with Gasteiger partial charge in [0.15, 0.2) is 0 Å². The number of fused-ring (bicyclic) bond motifs is 1. The molecule has 32 heavy (non-hydrogen) atoms. The van der Waals surface area contributed by atoms with Gasteiger partial charge in [0.05, 0.1) is 48.5 Å². The molecule has 2 aliphatic rings. The Balaban J connectivity index is 1.59. The standard InChI is InChI=1S/C24H23N3O4S/c1-3-31-24(29)16-8-10-17(11-9-16)26-14-27-22(28)12-19(20(13-25)23(27)32-15-26)18-6-4-5-7-21(18)30-2/h4-11,19H,3,12,14-15H2,1-2H3. The van der Waals surface area contributed by atoms with Crippen molar-refractivity contribution in [3.8, 4) is 11.8 Å². The Morgan fingerprint density at radius 3 is 2.66 bits per heavy atom. The molecule has 2 aromatic rings. The lowest BCUT2D eigenvalue weighted by Gasteiger charge is -2.42. The minimum Gasteiger partial charge on any atom is -0.496 e. The summed E-state index contributed by atoms with van der Waals surface area (Å²) in [7, 11) is 1.59. The molecule has 1 unspecified atom stereocenters. The maximum Gasteiger partial charge on any atom is 0.338 e. The smallest absolute Gasteiger partial charge is 0.338 e. The molecular weight excluding hydrogens is 426 g/mol. The third-order valence-electron chi connectivity index (χ3n) is 5.55. The number of methoxy groups -OCH3 is 1. The lowest BCUT2D eigenvalue weighted by molar-refractivity contribution is -0.129. The Morgan fingerprint density at radius 1 is 1.22 bits per heavy atom. The van der Waals surface area contributed by atoms with Gasteiger partial charge in [0.25, 0.3) is 0 Å². The highest BCUT2D eigenvalue weighted by molar-refractivity contribution is 8.03. The van der Waals surface area contributed by atoms with Crippen LogP contribution in [-0.4, -0.2) is 43.0 Å². The molecule has 8 heteroatoms. The van der Waals surface area contributed by atoms with Crippen molar-refractivity contribution in [2.24, 2.45) is 0 Å². The van der Waals surface area contributed by atoms with Gasteiger partial charge in [-0.3, -0.25) is 9.69 Å². The van der Waals surface area contributed by atoms with Crippen molar-refractivity contribution in [2.45, 2.75) is 19.3 Å². The average Bonchev–Trinajstić information content (AvgIpc) is 2.84. The predicted molar refractivity (Wildman–Crippen MR) is 122 cm³/mol. The molecule has 2 aromatic carbocycles. The fourth-order valence-electron chi connectivity index (χ4n) is 3.97. The molecule has 164 valence electrons. The van der Waals surface area contributed by atoms with Crippen molar-refractivity contribution in [2.75, 3.05) is 31.2 Å². The summed E-state index contributed by atoms with van der Waals surface area (Å²) in [5, 5.41) is 10.7. The molecule has 0 aliphatic carbocycles. The van der Waals surface area contributed by atoms with Gasteiger partial charge in [-0.15, -0.1) is 0 Å². The first-order chi connectivity index (χ1) is 15.6. The number of anilines is 1. The number of hydrogen-bond acceptors (Lipinski definition) is 7. The molecule has 0 saturated carbocycles. The average molecular weight is 450 g/mol. The van der Waals surface area contributed by atoms with E-state index in [4.69, 9.17) is 9.47 Å². The third-order valence-corrected chi connectivity index (χ3v) is 6.71. The van der Waals surface area contributed by atoms with Gasteiger partial charge in [-0.1, -0.05) is 30.0 Å². The van der Waals surface area contributed by atoms with Crippen LogP contribution in [-0.2, 0) is 9.53 Å². The molecule has 2 heterocycles. The van der Waals surface area contributed by atoms with Crippen LogP contribution in [0.1, 0.15) is 35.2 Å². The van der Waals surface area contributed by atoms with Gasteiger partial charge < -0.3 is 14.4 Å². The van der Waals surface area contributed by atoms with Gasteiger partial charge >= 0.3 is 5.97 Å². The van der Waals surface area contributed by atoms with Crippen molar-refractivity contribution in [1.82, 2.24) is 4.90 Å². The van der Waals surface area contributed by atoms with Crippen LogP contribution in [0.15, 0.2) is 59.1 Å². The molecule has 1 saturated heterocycles. The van der Waals surface area contributed by atoms with Crippen LogP contribution in [0.5, 0.6) is 5.75 Å². The first-order valence-corrected chi connectivity index (χ1v) is 11.3. The summed E-state index contributed by atoms with van der Waals surface area (Å²) in [4.78, 5) is 28.7. The molecule has 4 rings (SSSR count). The van der Waals surface area contributed by atoms with Crippen LogP contribution >= 0.6 is 11.8 Å². The van der Waals surface area contributed by atoms with Crippen molar-refractivity contribution in [1.29, 1.82) is 5.26 Å². The largest absolute Gasteiger partial charge is 0.496 e. The maximum atomic E-state index is 13.1. The first-order valence-electron chi connectivity index (χ1n) is 10.3. The Morgan fingerprint density at radius 2 is 1.97 bits per heavy atom. The third kappa shape index (κ3) is 4.04. The van der Waals surface area contributed by atoms with Crippen LogP contribution in [0.25, 0.3) is 0 Å². The highest BCUT2D eigenvalue weighted by Crippen LogP contribution is 2.45. The molecule has 1 atom stereocenters. The number of nitriles is 1. The Kier molecular flexibility index (Phi) is 6.37. The van der Waals surface area contributed by atoms with Crippen molar-refractivity contribution in [3.63, 3.8) is 0 Å². The quantitative estimate of drug-likeness (QED) is 0.636. The summed E-state index contributed by atoms with van der Waals surface area (Å²) in [6.07, 6.45) is 0.211. The zero-order valence-corrected chi connectivity index (χ0v) is 18.7. The number of allylic oxidation sites excluding steroid dienone is 1. The molecule has 1 amide bonds. The number of thioether (sulfide) groups is 1. The highest BCUT2D eigenvalue weighted by Gasteiger charge is 2.39. The minimum atomic E-state index is -0.357. The van der Waals surface area contributed by atoms with Crippen LogP contribution < -0.4 is 9.64 Å². The maximum absolute atomic E-state index is 13.1. The molecule has 2 aliphatic heterocycles. The number of carbonyl (C=O) groups is 2. The summed E-state index contributed by atoms with van der Waals surface area (Å²) < 4.78 is 10.5. The van der Waals surface area contributed by atoms with E-state index in [1.165, 1.54) is 11.8 Å². The Hall–Kier alpha value is -3.44. The number of carbonyl (C=O) groups excluding carboxylic acids is 2. The molecule has 0 bridgehead atoms. The second-order valence-corrected chi connectivity index (χ2v) is 8.31. The van der Waals surface area contributed by atoms with Gasteiger partial charge in [-0.2, -0.15) is 5.26 Å². The topological polar surface area (TPSA) is 82.9 Å². The highest BCUT2D eigenvalue weighted by atomic mass is 32.2. The second kappa shape index (κ2) is 9.37. The summed E-state index contributed by atoms with van der Waals surface area (Å²) in [6.45, 7) is 2.45. The fourth-order valence-corrected chi connectivity index (χ4v) is 5.14. The SMILES string of the molecule is CCOC(=O)c1ccc(N2CSC3=C(C#N)C(c4ccccc4OC)CC(=O)N3C2)cc1. The molecule has 0 N–H and O–H groups in total. The van der Waals surface area contributed by atoms with Crippen molar-refractivity contribution >= 4 is 29.3 Å². The molecule has 1 fully saturated rings. The van der Waals surface area contributed by atoms with E-state index in [0.717, 1.165) is 11.3 Å². The number of esters is 1. The van der Waals surface area contributed by atoms with E-state index in [1.54, 1.807) is 31.1 Å². The van der Waals surface area contributed by atoms with E-state index in [0.29, 0.717) is 41.1 Å². The lowest BCUT2D eigenvalue weighted by Crippen LogP contribution is -2.47. The summed E-state index contributed by atoms with van der Waals surface area (Å²) >= 11 is 1.47. The molecule has 7 nitrogen and oxygen atoms in total. The van der Waals surface area contributed by atoms with E-state index < -0.39 is 0 Å². The molecule has 0 aromatic heterocycles. The predicted octanol–water partition coefficient (Wildman–Crippen LogP) is 4.09. The Bertz CT molecular complexity index is 1110. The summed E-state index contributed by atoms with van der Waals surface area (Å²) in [5.74, 6) is 0.552. The number of rotatable bonds is 5. The van der Waals surface area contributed by atoms with Crippen LogP contribution in [0.3, 0.4) is 0 Å². The van der Waals surface area contributed by atoms with Crippen LogP contribution in [0.2, 0.25) is 0 Å². The number of benzene rings is 2. The monoisotopic (exact) mass is 449 g/mol. The van der Waals surface area contributed by atoms with Gasteiger partial charge in [0.2, 0.25) is 5.91 Å². The number of amides is 1. The summed E-state index contributed by atoms with van der Waals surface area (Å²) in [5.41, 5.74) is 2.82. The number of ether oxygens (including phenoxy) is 2.